The molecule has 2 N–H and O–H groups in total. The summed E-state index contributed by atoms with van der Waals surface area (Å²) in [5.41, 5.74) is 4.22. The van der Waals surface area contributed by atoms with E-state index in [9.17, 15) is 5.11 Å². The fraction of sp³-hybridized carbons (Fsp3) is 0.0909. The Morgan fingerprint density at radius 1 is 1.14 bits per heavy atom. The van der Waals surface area contributed by atoms with Gasteiger partial charge >= 0.3 is 0 Å². The number of aliphatic imine (C=N–C) groups is 1. The Bertz CT molecular complexity index is 1170. The molecule has 7 heteroatoms. The van der Waals surface area contributed by atoms with Crippen molar-refractivity contribution in [2.75, 3.05) is 6.61 Å². The SMILES string of the molecule is CCOc1cc(Br)c(Br)c(C=Nc2ccc(-c3nc4ccccc4[nH]3)cc2)c1O. The highest BCUT2D eigenvalue weighted by atomic mass is 79.9. The molecule has 29 heavy (non-hydrogen) atoms. The van der Waals surface area contributed by atoms with Crippen LogP contribution in [0.25, 0.3) is 22.4 Å². The second-order valence-electron chi connectivity index (χ2n) is 6.27. The van der Waals surface area contributed by atoms with Crippen molar-refractivity contribution in [1.82, 2.24) is 9.97 Å². The molecule has 0 saturated heterocycles. The van der Waals surface area contributed by atoms with Crippen LogP contribution in [0.1, 0.15) is 12.5 Å². The van der Waals surface area contributed by atoms with Crippen molar-refractivity contribution in [2.24, 2.45) is 4.99 Å². The van der Waals surface area contributed by atoms with E-state index in [-0.39, 0.29) is 5.75 Å². The van der Waals surface area contributed by atoms with Gasteiger partial charge in [-0.3, -0.25) is 4.99 Å². The summed E-state index contributed by atoms with van der Waals surface area (Å²) in [6, 6.07) is 17.4. The number of phenolic OH excluding ortho intramolecular Hbond substituents is 1. The lowest BCUT2D eigenvalue weighted by molar-refractivity contribution is 0.317. The van der Waals surface area contributed by atoms with Crippen LogP contribution in [0.4, 0.5) is 5.69 Å². The summed E-state index contributed by atoms with van der Waals surface area (Å²) >= 11 is 6.95. The molecule has 0 fully saturated rings. The van der Waals surface area contributed by atoms with Gasteiger partial charge in [-0.25, -0.2) is 4.98 Å². The van der Waals surface area contributed by atoms with Gasteiger partial charge in [0.2, 0.25) is 0 Å². The van der Waals surface area contributed by atoms with Crippen LogP contribution in [0.5, 0.6) is 11.5 Å². The fourth-order valence-corrected chi connectivity index (χ4v) is 3.76. The molecule has 4 aromatic rings. The van der Waals surface area contributed by atoms with Crippen LogP contribution < -0.4 is 4.74 Å². The molecule has 3 aromatic carbocycles. The number of nitrogens with zero attached hydrogens (tertiary/aromatic N) is 2. The maximum Gasteiger partial charge on any atom is 0.167 e. The molecule has 0 aliphatic heterocycles. The predicted octanol–water partition coefficient (Wildman–Crippen LogP) is 6.61. The highest BCUT2D eigenvalue weighted by molar-refractivity contribution is 9.13. The molecule has 146 valence electrons. The van der Waals surface area contributed by atoms with Gasteiger partial charge < -0.3 is 14.8 Å². The molecule has 0 amide bonds. The van der Waals surface area contributed by atoms with Gasteiger partial charge in [0.15, 0.2) is 11.5 Å². The van der Waals surface area contributed by atoms with E-state index in [4.69, 9.17) is 4.74 Å². The molecule has 0 bridgehead atoms. The van der Waals surface area contributed by atoms with E-state index in [0.29, 0.717) is 22.4 Å². The summed E-state index contributed by atoms with van der Waals surface area (Å²) in [6.45, 7) is 2.33. The first-order chi connectivity index (χ1) is 14.1. The molecule has 1 aromatic heterocycles. The van der Waals surface area contributed by atoms with E-state index in [2.05, 4.69) is 46.8 Å². The number of ether oxygens (including phenoxy) is 1. The lowest BCUT2D eigenvalue weighted by Gasteiger charge is -2.11. The average Bonchev–Trinajstić information content (AvgIpc) is 3.17. The van der Waals surface area contributed by atoms with Crippen LogP contribution in [0.3, 0.4) is 0 Å². The molecule has 0 aliphatic carbocycles. The highest BCUT2D eigenvalue weighted by Crippen LogP contribution is 2.40. The molecular formula is C22H17Br2N3O2. The van der Waals surface area contributed by atoms with E-state index in [0.717, 1.165) is 32.6 Å². The quantitative estimate of drug-likeness (QED) is 0.294. The normalized spacial score (nSPS) is 11.4. The van der Waals surface area contributed by atoms with Gasteiger partial charge in [-0.15, -0.1) is 0 Å². The van der Waals surface area contributed by atoms with E-state index < -0.39 is 0 Å². The standard InChI is InChI=1S/C22H17Br2N3O2/c1-2-29-19-11-16(23)20(24)15(21(19)28)12-25-14-9-7-13(8-10-14)22-26-17-5-3-4-6-18(17)27-22/h3-12,28H,2H2,1H3,(H,26,27). The minimum absolute atomic E-state index is 0.0459. The Morgan fingerprint density at radius 2 is 1.90 bits per heavy atom. The number of aromatic hydroxyl groups is 1. The second kappa shape index (κ2) is 8.39. The number of nitrogens with one attached hydrogen (secondary N) is 1. The zero-order chi connectivity index (χ0) is 20.4. The van der Waals surface area contributed by atoms with Crippen LogP contribution in [0.15, 0.2) is 68.5 Å². The number of aromatic nitrogens is 2. The summed E-state index contributed by atoms with van der Waals surface area (Å²) in [7, 11) is 0. The van der Waals surface area contributed by atoms with Crippen LogP contribution in [-0.4, -0.2) is 27.9 Å². The Morgan fingerprint density at radius 3 is 2.62 bits per heavy atom. The van der Waals surface area contributed by atoms with Crippen molar-refractivity contribution in [3.63, 3.8) is 0 Å². The van der Waals surface area contributed by atoms with Crippen molar-refractivity contribution >= 4 is 54.8 Å². The van der Waals surface area contributed by atoms with E-state index in [1.807, 2.05) is 55.5 Å². The topological polar surface area (TPSA) is 70.5 Å². The van der Waals surface area contributed by atoms with Gasteiger partial charge in [-0.1, -0.05) is 12.1 Å². The Kier molecular flexibility index (Phi) is 5.69. The highest BCUT2D eigenvalue weighted by Gasteiger charge is 2.14. The molecular weight excluding hydrogens is 498 g/mol. The zero-order valence-corrected chi connectivity index (χ0v) is 18.7. The second-order valence-corrected chi connectivity index (χ2v) is 7.92. The monoisotopic (exact) mass is 513 g/mol. The first-order valence-electron chi connectivity index (χ1n) is 9.00. The largest absolute Gasteiger partial charge is 0.504 e. The predicted molar refractivity (Wildman–Crippen MR) is 123 cm³/mol. The number of aromatic amines is 1. The van der Waals surface area contributed by atoms with Crippen molar-refractivity contribution in [1.29, 1.82) is 0 Å². The summed E-state index contributed by atoms with van der Waals surface area (Å²) in [4.78, 5) is 12.4. The van der Waals surface area contributed by atoms with Crippen molar-refractivity contribution in [2.45, 2.75) is 6.92 Å². The maximum atomic E-state index is 10.5. The van der Waals surface area contributed by atoms with Crippen molar-refractivity contribution in [3.05, 3.63) is 69.1 Å². The Balaban J connectivity index is 1.61. The van der Waals surface area contributed by atoms with Crippen molar-refractivity contribution in [3.8, 4) is 22.9 Å². The average molecular weight is 515 g/mol. The third kappa shape index (κ3) is 4.06. The summed E-state index contributed by atoms with van der Waals surface area (Å²) in [5.74, 6) is 1.27. The number of benzene rings is 3. The lowest BCUT2D eigenvalue weighted by Crippen LogP contribution is -1.95. The number of hydrogen-bond donors (Lipinski definition) is 2. The summed E-state index contributed by atoms with van der Waals surface area (Å²) in [5, 5.41) is 10.5. The lowest BCUT2D eigenvalue weighted by atomic mass is 10.2. The van der Waals surface area contributed by atoms with Gasteiger partial charge in [-0.2, -0.15) is 0 Å². The number of fused-ring (bicyclic) bond motifs is 1. The number of rotatable bonds is 5. The van der Waals surface area contributed by atoms with Gasteiger partial charge in [0.25, 0.3) is 0 Å². The van der Waals surface area contributed by atoms with E-state index in [1.54, 1.807) is 12.3 Å². The molecule has 5 nitrogen and oxygen atoms in total. The molecule has 0 atom stereocenters. The first-order valence-corrected chi connectivity index (χ1v) is 10.6. The van der Waals surface area contributed by atoms with Crippen LogP contribution in [-0.2, 0) is 0 Å². The smallest absolute Gasteiger partial charge is 0.167 e. The summed E-state index contributed by atoms with van der Waals surface area (Å²) < 4.78 is 6.97. The molecule has 0 saturated carbocycles. The first kappa shape index (κ1) is 19.7. The molecule has 0 radical (unpaired) electrons. The fourth-order valence-electron chi connectivity index (χ4n) is 2.93. The van der Waals surface area contributed by atoms with E-state index in [1.165, 1.54) is 0 Å². The molecule has 0 aliphatic rings. The van der Waals surface area contributed by atoms with Gasteiger partial charge in [0.05, 0.1) is 28.9 Å². The van der Waals surface area contributed by atoms with Gasteiger partial charge in [-0.05, 0) is 81.2 Å². The Hall–Kier alpha value is -2.64. The molecule has 4 rings (SSSR count). The number of H-pyrrole nitrogens is 1. The van der Waals surface area contributed by atoms with Gasteiger partial charge in [0.1, 0.15) is 5.82 Å². The third-order valence-corrected chi connectivity index (χ3v) is 6.38. The minimum Gasteiger partial charge on any atom is -0.504 e. The number of hydrogen-bond acceptors (Lipinski definition) is 4. The molecule has 0 spiro atoms. The minimum atomic E-state index is 0.0459. The van der Waals surface area contributed by atoms with Crippen LogP contribution in [0, 0.1) is 0 Å². The number of imidazole rings is 1. The maximum absolute atomic E-state index is 10.5. The van der Waals surface area contributed by atoms with E-state index >= 15 is 0 Å². The Labute approximate surface area is 184 Å². The summed E-state index contributed by atoms with van der Waals surface area (Å²) in [6.07, 6.45) is 1.61. The number of halogens is 2. The zero-order valence-electron chi connectivity index (χ0n) is 15.5. The third-order valence-electron chi connectivity index (χ3n) is 4.37. The van der Waals surface area contributed by atoms with Crippen LogP contribution in [0.2, 0.25) is 0 Å². The molecule has 1 heterocycles. The van der Waals surface area contributed by atoms with Crippen LogP contribution >= 0.6 is 31.9 Å². The van der Waals surface area contributed by atoms with Crippen molar-refractivity contribution < 1.29 is 9.84 Å². The molecule has 0 unspecified atom stereocenters. The number of phenols is 1. The number of para-hydroxylation sites is 2. The van der Waals surface area contributed by atoms with Gasteiger partial charge in [0, 0.05) is 20.7 Å².